The summed E-state index contributed by atoms with van der Waals surface area (Å²) < 4.78 is 0. The molecule has 2 N–H and O–H groups in total. The summed E-state index contributed by atoms with van der Waals surface area (Å²) in [7, 11) is 0. The van der Waals surface area contributed by atoms with Crippen molar-refractivity contribution in [2.75, 3.05) is 0 Å². The minimum atomic E-state index is -0.154. The van der Waals surface area contributed by atoms with Gasteiger partial charge in [-0.25, -0.2) is 0 Å². The number of hydrogen-bond acceptors (Lipinski definition) is 5. The van der Waals surface area contributed by atoms with Gasteiger partial charge in [0.1, 0.15) is 11.5 Å². The van der Waals surface area contributed by atoms with E-state index in [-0.39, 0.29) is 17.1 Å². The molecule has 2 aromatic carbocycles. The lowest BCUT2D eigenvalue weighted by atomic mass is 10.1. The molecule has 0 radical (unpaired) electrons. The SMILES string of the molecule is N#Cc1ccc(C=O)c(O)c1.N#Cc1cccc(O)c1. The van der Waals surface area contributed by atoms with Gasteiger partial charge >= 0.3 is 0 Å². The number of aldehydes is 1. The highest BCUT2D eigenvalue weighted by Crippen LogP contribution is 2.15. The molecule has 5 nitrogen and oxygen atoms in total. The molecule has 0 aliphatic carbocycles. The van der Waals surface area contributed by atoms with Crippen LogP contribution >= 0.6 is 0 Å². The quantitative estimate of drug-likeness (QED) is 0.770. The highest BCUT2D eigenvalue weighted by Gasteiger charge is 1.99. The molecule has 0 saturated carbocycles. The number of phenolic OH excluding ortho intramolecular Hbond substituents is 2. The average Bonchev–Trinajstić information content (AvgIpc) is 2.47. The summed E-state index contributed by atoms with van der Waals surface area (Å²) >= 11 is 0. The van der Waals surface area contributed by atoms with Crippen LogP contribution in [-0.2, 0) is 0 Å². The molecule has 0 aliphatic rings. The molecule has 0 aromatic heterocycles. The predicted octanol–water partition coefficient (Wildman–Crippen LogP) is 2.34. The third-order valence-corrected chi connectivity index (χ3v) is 2.26. The zero-order valence-electron chi connectivity index (χ0n) is 10.3. The molecule has 0 spiro atoms. The van der Waals surface area contributed by atoms with Crippen LogP contribution in [0, 0.1) is 22.7 Å². The van der Waals surface area contributed by atoms with E-state index >= 15 is 0 Å². The summed E-state index contributed by atoms with van der Waals surface area (Å²) in [5, 5.41) is 34.5. The molecule has 2 rings (SSSR count). The number of nitriles is 2. The third kappa shape index (κ3) is 4.17. The van der Waals surface area contributed by atoms with Crippen molar-refractivity contribution in [3.8, 4) is 23.6 Å². The van der Waals surface area contributed by atoms with E-state index in [9.17, 15) is 4.79 Å². The van der Waals surface area contributed by atoms with E-state index in [1.807, 2.05) is 12.1 Å². The number of carbonyl (C=O) groups is 1. The maximum absolute atomic E-state index is 10.2. The largest absolute Gasteiger partial charge is 0.508 e. The first-order valence-corrected chi connectivity index (χ1v) is 5.48. The summed E-state index contributed by atoms with van der Waals surface area (Å²) in [4.78, 5) is 10.2. The first-order valence-electron chi connectivity index (χ1n) is 5.48. The number of rotatable bonds is 1. The van der Waals surface area contributed by atoms with E-state index in [0.29, 0.717) is 17.4 Å². The van der Waals surface area contributed by atoms with E-state index in [1.165, 1.54) is 30.3 Å². The van der Waals surface area contributed by atoms with E-state index in [2.05, 4.69) is 0 Å². The van der Waals surface area contributed by atoms with Gasteiger partial charge in [-0.3, -0.25) is 4.79 Å². The Morgan fingerprint density at radius 1 is 0.950 bits per heavy atom. The first kappa shape index (κ1) is 14.7. The number of nitrogens with zero attached hydrogens (tertiary/aromatic N) is 2. The van der Waals surface area contributed by atoms with Gasteiger partial charge in [0.2, 0.25) is 0 Å². The van der Waals surface area contributed by atoms with Gasteiger partial charge in [0, 0.05) is 0 Å². The van der Waals surface area contributed by atoms with Crippen LogP contribution in [0.4, 0.5) is 0 Å². The molecule has 0 atom stereocenters. The smallest absolute Gasteiger partial charge is 0.153 e. The van der Waals surface area contributed by atoms with E-state index in [4.69, 9.17) is 20.7 Å². The van der Waals surface area contributed by atoms with E-state index in [0.717, 1.165) is 0 Å². The zero-order chi connectivity index (χ0) is 15.0. The topological polar surface area (TPSA) is 105 Å². The van der Waals surface area contributed by atoms with Gasteiger partial charge in [0.25, 0.3) is 0 Å². The van der Waals surface area contributed by atoms with Crippen LogP contribution in [0.25, 0.3) is 0 Å². The summed E-state index contributed by atoms with van der Waals surface area (Å²) in [5.41, 5.74) is 1.02. The lowest BCUT2D eigenvalue weighted by Gasteiger charge is -1.94. The van der Waals surface area contributed by atoms with Crippen molar-refractivity contribution in [3.05, 3.63) is 59.2 Å². The summed E-state index contributed by atoms with van der Waals surface area (Å²) in [5.74, 6) is -0.0203. The van der Waals surface area contributed by atoms with E-state index in [1.54, 1.807) is 12.1 Å². The highest BCUT2D eigenvalue weighted by atomic mass is 16.3. The second-order valence-electron chi connectivity index (χ2n) is 3.67. The molecule has 2 aromatic rings. The Labute approximate surface area is 115 Å². The number of benzene rings is 2. The molecule has 0 amide bonds. The van der Waals surface area contributed by atoms with Crippen molar-refractivity contribution in [3.63, 3.8) is 0 Å². The van der Waals surface area contributed by atoms with Crippen molar-refractivity contribution in [2.45, 2.75) is 0 Å². The van der Waals surface area contributed by atoms with Gasteiger partial charge in [0.15, 0.2) is 6.29 Å². The standard InChI is InChI=1S/C8H5NO2.C7H5NO/c9-4-6-1-2-7(5-10)8(11)3-6;8-5-6-2-1-3-7(9)4-6/h1-3,5,11H;1-4,9H. The fraction of sp³-hybridized carbons (Fsp3) is 0. The summed E-state index contributed by atoms with van der Waals surface area (Å²) in [6.07, 6.45) is 0.538. The molecular weight excluding hydrogens is 256 g/mol. The Bertz CT molecular complexity index is 697. The van der Waals surface area contributed by atoms with Crippen LogP contribution in [-0.4, -0.2) is 16.5 Å². The number of aromatic hydroxyl groups is 2. The molecular formula is C15H10N2O3. The van der Waals surface area contributed by atoms with Gasteiger partial charge in [-0.05, 0) is 36.4 Å². The van der Waals surface area contributed by atoms with Crippen molar-refractivity contribution >= 4 is 6.29 Å². The van der Waals surface area contributed by atoms with Gasteiger partial charge in [-0.15, -0.1) is 0 Å². The van der Waals surface area contributed by atoms with Crippen molar-refractivity contribution in [1.82, 2.24) is 0 Å². The van der Waals surface area contributed by atoms with Crippen molar-refractivity contribution in [1.29, 1.82) is 10.5 Å². The molecule has 0 saturated heterocycles. The lowest BCUT2D eigenvalue weighted by molar-refractivity contribution is 0.112. The van der Waals surface area contributed by atoms with Crippen LogP contribution in [0.5, 0.6) is 11.5 Å². The Hall–Kier alpha value is -3.31. The fourth-order valence-corrected chi connectivity index (χ4v) is 1.29. The molecule has 0 heterocycles. The van der Waals surface area contributed by atoms with Crippen LogP contribution in [0.3, 0.4) is 0 Å². The number of hydrogen-bond donors (Lipinski definition) is 2. The number of carbonyl (C=O) groups excluding carboxylic acids is 1. The maximum atomic E-state index is 10.2. The second kappa shape index (κ2) is 7.20. The molecule has 98 valence electrons. The minimum absolute atomic E-state index is 0.133. The van der Waals surface area contributed by atoms with Crippen molar-refractivity contribution < 1.29 is 15.0 Å². The molecule has 20 heavy (non-hydrogen) atoms. The van der Waals surface area contributed by atoms with Gasteiger partial charge in [0.05, 0.1) is 28.8 Å². The van der Waals surface area contributed by atoms with Gasteiger partial charge in [-0.1, -0.05) is 6.07 Å². The highest BCUT2D eigenvalue weighted by molar-refractivity contribution is 5.79. The maximum Gasteiger partial charge on any atom is 0.153 e. The van der Waals surface area contributed by atoms with Gasteiger partial charge < -0.3 is 10.2 Å². The second-order valence-corrected chi connectivity index (χ2v) is 3.67. The van der Waals surface area contributed by atoms with Gasteiger partial charge in [-0.2, -0.15) is 10.5 Å². The summed E-state index contributed by atoms with van der Waals surface area (Å²) in [6.45, 7) is 0. The minimum Gasteiger partial charge on any atom is -0.508 e. The Morgan fingerprint density at radius 2 is 1.60 bits per heavy atom. The van der Waals surface area contributed by atoms with E-state index < -0.39 is 0 Å². The summed E-state index contributed by atoms with van der Waals surface area (Å²) in [6, 6.07) is 14.1. The average molecular weight is 266 g/mol. The normalized spacial score (nSPS) is 8.50. The number of phenols is 2. The zero-order valence-corrected chi connectivity index (χ0v) is 10.3. The molecule has 0 aliphatic heterocycles. The first-order chi connectivity index (χ1) is 9.60. The molecule has 0 fully saturated rings. The monoisotopic (exact) mass is 266 g/mol. The Morgan fingerprint density at radius 3 is 2.05 bits per heavy atom. The third-order valence-electron chi connectivity index (χ3n) is 2.26. The molecule has 0 bridgehead atoms. The van der Waals surface area contributed by atoms with Crippen LogP contribution in [0.15, 0.2) is 42.5 Å². The Kier molecular flexibility index (Phi) is 5.31. The predicted molar refractivity (Wildman–Crippen MR) is 71.0 cm³/mol. The lowest BCUT2D eigenvalue weighted by Crippen LogP contribution is -1.81. The van der Waals surface area contributed by atoms with Crippen LogP contribution < -0.4 is 0 Å². The van der Waals surface area contributed by atoms with Crippen LogP contribution in [0.1, 0.15) is 21.5 Å². The fourth-order valence-electron chi connectivity index (χ4n) is 1.29. The Balaban J connectivity index is 0.000000204. The van der Waals surface area contributed by atoms with Crippen LogP contribution in [0.2, 0.25) is 0 Å². The molecule has 0 unspecified atom stereocenters. The van der Waals surface area contributed by atoms with Crippen molar-refractivity contribution in [2.24, 2.45) is 0 Å². The molecule has 5 heteroatoms.